The Morgan fingerprint density at radius 3 is 1.43 bits per heavy atom. The number of ether oxygens (including phenoxy) is 2. The van der Waals surface area contributed by atoms with Gasteiger partial charge in [0, 0.05) is 12.8 Å². The van der Waals surface area contributed by atoms with Crippen LogP contribution in [0.15, 0.2) is 36.5 Å². The molecule has 0 spiro atoms. The molecule has 1 atom stereocenters. The van der Waals surface area contributed by atoms with E-state index in [0.717, 1.165) is 70.6 Å². The lowest BCUT2D eigenvalue weighted by molar-refractivity contribution is -0.161. The van der Waals surface area contributed by atoms with E-state index in [1.807, 2.05) is 0 Å². The fourth-order valence-corrected chi connectivity index (χ4v) is 5.74. The maximum atomic E-state index is 12.4. The van der Waals surface area contributed by atoms with Crippen LogP contribution in [0.2, 0.25) is 0 Å². The first kappa shape index (κ1) is 47.3. The van der Waals surface area contributed by atoms with Gasteiger partial charge < -0.3 is 19.3 Å². The van der Waals surface area contributed by atoms with Gasteiger partial charge in [0.1, 0.15) is 6.61 Å². The molecule has 0 fully saturated rings. The van der Waals surface area contributed by atoms with Crippen LogP contribution in [0, 0.1) is 0 Å². The zero-order valence-electron chi connectivity index (χ0n) is 31.3. The molecule has 0 aliphatic heterocycles. The monoisotopic (exact) mass is 713 g/mol. The number of esters is 2. The highest BCUT2D eigenvalue weighted by molar-refractivity contribution is 7.46. The Balaban J connectivity index is 3.96. The number of phosphoric ester groups is 1. The van der Waals surface area contributed by atoms with Crippen molar-refractivity contribution in [1.82, 2.24) is 0 Å². The fourth-order valence-electron chi connectivity index (χ4n) is 5.38. The van der Waals surface area contributed by atoms with Crippen LogP contribution in [-0.4, -0.2) is 41.0 Å². The van der Waals surface area contributed by atoms with Crippen LogP contribution >= 0.6 is 7.82 Å². The van der Waals surface area contributed by atoms with Crippen LogP contribution in [0.1, 0.15) is 187 Å². The van der Waals surface area contributed by atoms with Crippen LogP contribution in [0.5, 0.6) is 0 Å². The Kier molecular flexibility index (Phi) is 34.8. The molecule has 2 N–H and O–H groups in total. The van der Waals surface area contributed by atoms with E-state index in [1.54, 1.807) is 0 Å². The molecule has 0 unspecified atom stereocenters. The Morgan fingerprint density at radius 1 is 0.531 bits per heavy atom. The van der Waals surface area contributed by atoms with Crippen molar-refractivity contribution in [3.05, 3.63) is 36.5 Å². The molecule has 0 aromatic heterocycles. The highest BCUT2D eigenvalue weighted by atomic mass is 31.2. The Bertz CT molecular complexity index is 895. The van der Waals surface area contributed by atoms with E-state index in [0.29, 0.717) is 12.8 Å². The molecular formula is C40H73O8P. The zero-order chi connectivity index (χ0) is 36.1. The molecule has 0 bridgehead atoms. The van der Waals surface area contributed by atoms with E-state index in [9.17, 15) is 14.2 Å². The fraction of sp³-hybridized carbons (Fsp3) is 0.800. The van der Waals surface area contributed by atoms with Gasteiger partial charge in [0.25, 0.3) is 0 Å². The number of carbonyl (C=O) groups is 2. The Hall–Kier alpha value is -1.73. The summed E-state index contributed by atoms with van der Waals surface area (Å²) in [6.07, 6.45) is 41.4. The molecule has 286 valence electrons. The predicted molar refractivity (Wildman–Crippen MR) is 202 cm³/mol. The van der Waals surface area contributed by atoms with Gasteiger partial charge in [0.05, 0.1) is 6.61 Å². The normalized spacial score (nSPS) is 12.8. The Labute approximate surface area is 300 Å². The maximum absolute atomic E-state index is 12.4. The lowest BCUT2D eigenvalue weighted by atomic mass is 10.1. The second-order valence-corrected chi connectivity index (χ2v) is 14.5. The summed E-state index contributed by atoms with van der Waals surface area (Å²) in [6, 6.07) is 0. The van der Waals surface area contributed by atoms with Crippen LogP contribution < -0.4 is 0 Å². The SMILES string of the molecule is CCCC/C=C\C/C=C\CCCCCCCC(=O)OC[C@H](COP(=O)(O)O)OC(=O)CCCCCCCCC/C=C\CCCCCCCC. The molecule has 0 heterocycles. The molecule has 0 radical (unpaired) electrons. The van der Waals surface area contributed by atoms with Crippen molar-refractivity contribution in [3.63, 3.8) is 0 Å². The van der Waals surface area contributed by atoms with Gasteiger partial charge >= 0.3 is 19.8 Å². The predicted octanol–water partition coefficient (Wildman–Crippen LogP) is 11.8. The first-order valence-electron chi connectivity index (χ1n) is 19.8. The van der Waals surface area contributed by atoms with Crippen molar-refractivity contribution >= 4 is 19.8 Å². The molecule has 8 nitrogen and oxygen atoms in total. The third-order valence-electron chi connectivity index (χ3n) is 8.38. The van der Waals surface area contributed by atoms with Crippen LogP contribution in [0.4, 0.5) is 0 Å². The molecule has 0 aromatic rings. The highest BCUT2D eigenvalue weighted by Crippen LogP contribution is 2.36. The number of allylic oxidation sites excluding steroid dienone is 6. The van der Waals surface area contributed by atoms with Crippen LogP contribution in [0.3, 0.4) is 0 Å². The summed E-state index contributed by atoms with van der Waals surface area (Å²) in [5, 5.41) is 0. The van der Waals surface area contributed by atoms with Gasteiger partial charge in [-0.3, -0.25) is 14.1 Å². The first-order valence-corrected chi connectivity index (χ1v) is 21.3. The van der Waals surface area contributed by atoms with Crippen LogP contribution in [-0.2, 0) is 28.2 Å². The number of rotatable bonds is 36. The summed E-state index contributed by atoms with van der Waals surface area (Å²) in [7, 11) is -4.75. The third-order valence-corrected chi connectivity index (χ3v) is 8.87. The largest absolute Gasteiger partial charge is 0.469 e. The van der Waals surface area contributed by atoms with Gasteiger partial charge in [-0.1, -0.05) is 147 Å². The summed E-state index contributed by atoms with van der Waals surface area (Å²) in [5.41, 5.74) is 0. The highest BCUT2D eigenvalue weighted by Gasteiger charge is 2.22. The molecule has 0 aromatic carbocycles. The standard InChI is InChI=1S/C40H73O8P/c1-3-5-7-9-11-13-15-17-19-20-21-23-25-27-29-31-33-35-40(42)48-38(37-47-49(43,44)45)36-46-39(41)34-32-30-28-26-24-22-18-16-14-12-10-8-6-4-2/h10,12,16-19,38H,3-9,11,13-15,20-37H2,1-2H3,(H2,43,44,45)/b12-10-,18-16-,19-17-/t38-/m1/s1. The molecule has 0 saturated heterocycles. The number of phosphoric acid groups is 1. The van der Waals surface area contributed by atoms with Gasteiger partial charge in [-0.05, 0) is 64.2 Å². The number of carbonyl (C=O) groups excluding carboxylic acids is 2. The minimum Gasteiger partial charge on any atom is -0.462 e. The summed E-state index contributed by atoms with van der Waals surface area (Å²) < 4.78 is 26.3. The summed E-state index contributed by atoms with van der Waals surface area (Å²) in [6.45, 7) is 3.62. The van der Waals surface area contributed by atoms with E-state index in [2.05, 4.69) is 54.8 Å². The Morgan fingerprint density at radius 2 is 0.939 bits per heavy atom. The average Bonchev–Trinajstić information content (AvgIpc) is 3.07. The van der Waals surface area contributed by atoms with Crippen molar-refractivity contribution in [1.29, 1.82) is 0 Å². The topological polar surface area (TPSA) is 119 Å². The van der Waals surface area contributed by atoms with E-state index < -0.39 is 32.5 Å². The zero-order valence-corrected chi connectivity index (χ0v) is 32.2. The van der Waals surface area contributed by atoms with E-state index >= 15 is 0 Å². The second-order valence-electron chi connectivity index (χ2n) is 13.2. The lowest BCUT2D eigenvalue weighted by Crippen LogP contribution is -2.29. The van der Waals surface area contributed by atoms with Crippen molar-refractivity contribution < 1.29 is 37.9 Å². The van der Waals surface area contributed by atoms with Gasteiger partial charge in [0.15, 0.2) is 6.10 Å². The molecule has 0 amide bonds. The molecule has 0 aliphatic rings. The summed E-state index contributed by atoms with van der Waals surface area (Å²) in [5.74, 6) is -0.905. The molecule has 9 heteroatoms. The van der Waals surface area contributed by atoms with E-state index in [4.69, 9.17) is 19.3 Å². The first-order chi connectivity index (χ1) is 23.8. The summed E-state index contributed by atoms with van der Waals surface area (Å²) in [4.78, 5) is 42.7. The maximum Gasteiger partial charge on any atom is 0.469 e. The second kappa shape index (κ2) is 36.1. The van der Waals surface area contributed by atoms with Crippen molar-refractivity contribution in [2.75, 3.05) is 13.2 Å². The average molecular weight is 713 g/mol. The van der Waals surface area contributed by atoms with Crippen molar-refractivity contribution in [2.24, 2.45) is 0 Å². The van der Waals surface area contributed by atoms with E-state index in [-0.39, 0.29) is 19.4 Å². The third kappa shape index (κ3) is 38.9. The van der Waals surface area contributed by atoms with Gasteiger partial charge in [0.2, 0.25) is 0 Å². The molecular weight excluding hydrogens is 639 g/mol. The number of unbranched alkanes of at least 4 members (excludes halogenated alkanes) is 20. The number of hydrogen-bond acceptors (Lipinski definition) is 6. The molecule has 49 heavy (non-hydrogen) atoms. The lowest BCUT2D eigenvalue weighted by Gasteiger charge is -2.18. The quantitative estimate of drug-likeness (QED) is 0.0285. The van der Waals surface area contributed by atoms with Gasteiger partial charge in [-0.15, -0.1) is 0 Å². The van der Waals surface area contributed by atoms with Gasteiger partial charge in [-0.2, -0.15) is 0 Å². The van der Waals surface area contributed by atoms with Crippen molar-refractivity contribution in [3.8, 4) is 0 Å². The minimum atomic E-state index is -4.75. The molecule has 0 aliphatic carbocycles. The minimum absolute atomic E-state index is 0.204. The van der Waals surface area contributed by atoms with E-state index in [1.165, 1.54) is 77.0 Å². The smallest absolute Gasteiger partial charge is 0.462 e. The number of hydrogen-bond donors (Lipinski definition) is 2. The molecule has 0 saturated carbocycles. The van der Waals surface area contributed by atoms with Crippen LogP contribution in [0.25, 0.3) is 0 Å². The molecule has 0 rings (SSSR count). The van der Waals surface area contributed by atoms with Crippen molar-refractivity contribution in [2.45, 2.75) is 193 Å². The summed E-state index contributed by atoms with van der Waals surface area (Å²) >= 11 is 0. The van der Waals surface area contributed by atoms with Gasteiger partial charge in [-0.25, -0.2) is 4.57 Å².